The van der Waals surface area contributed by atoms with Crippen molar-refractivity contribution in [3.63, 3.8) is 0 Å². The van der Waals surface area contributed by atoms with E-state index in [0.717, 1.165) is 22.6 Å². The van der Waals surface area contributed by atoms with Crippen LogP contribution in [0, 0.1) is 18.6 Å². The van der Waals surface area contributed by atoms with E-state index in [9.17, 15) is 18.4 Å². The van der Waals surface area contributed by atoms with Crippen LogP contribution in [-0.2, 0) is 9.59 Å². The Labute approximate surface area is 131 Å². The lowest BCUT2D eigenvalue weighted by molar-refractivity contribution is -0.121. The molecular formula is C17H14F2N2O2. The summed E-state index contributed by atoms with van der Waals surface area (Å²) in [6.45, 7) is 1.91. The van der Waals surface area contributed by atoms with Gasteiger partial charge in [0.25, 0.3) is 5.91 Å². The maximum atomic E-state index is 13.8. The molecule has 0 bridgehead atoms. The maximum absolute atomic E-state index is 13.8. The van der Waals surface area contributed by atoms with Crippen molar-refractivity contribution in [1.82, 2.24) is 0 Å². The smallest absolute Gasteiger partial charge is 0.256 e. The van der Waals surface area contributed by atoms with Crippen LogP contribution in [0.3, 0.4) is 0 Å². The monoisotopic (exact) mass is 316 g/mol. The average Bonchev–Trinajstić information content (AvgIpc) is 2.74. The highest BCUT2D eigenvalue weighted by atomic mass is 19.1. The van der Waals surface area contributed by atoms with Gasteiger partial charge in [-0.2, -0.15) is 0 Å². The number of hydrogen-bond acceptors (Lipinski definition) is 3. The Balaban J connectivity index is 1.85. The summed E-state index contributed by atoms with van der Waals surface area (Å²) in [5, 5.41) is 2.98. The van der Waals surface area contributed by atoms with Crippen molar-refractivity contribution >= 4 is 23.2 Å². The third kappa shape index (κ3) is 2.92. The molecule has 0 saturated carbocycles. The lowest BCUT2D eigenvalue weighted by Crippen LogP contribution is -2.35. The highest BCUT2D eigenvalue weighted by Gasteiger charge is 2.40. The molecule has 1 atom stereocenters. The number of imide groups is 1. The zero-order valence-corrected chi connectivity index (χ0v) is 12.3. The molecule has 3 rings (SSSR count). The quantitative estimate of drug-likeness (QED) is 0.886. The molecule has 0 spiro atoms. The van der Waals surface area contributed by atoms with E-state index in [1.165, 1.54) is 0 Å². The lowest BCUT2D eigenvalue weighted by Gasteiger charge is -2.17. The molecule has 2 amide bonds. The minimum Gasteiger partial charge on any atom is -0.373 e. The normalized spacial score (nSPS) is 17.7. The van der Waals surface area contributed by atoms with Crippen LogP contribution in [0.25, 0.3) is 0 Å². The fourth-order valence-corrected chi connectivity index (χ4v) is 2.60. The molecule has 1 aliphatic heterocycles. The van der Waals surface area contributed by atoms with Crippen molar-refractivity contribution < 1.29 is 18.4 Å². The molecule has 0 unspecified atom stereocenters. The first-order chi connectivity index (χ1) is 11.0. The fourth-order valence-electron chi connectivity index (χ4n) is 2.60. The van der Waals surface area contributed by atoms with Gasteiger partial charge in [0.15, 0.2) is 0 Å². The zero-order valence-electron chi connectivity index (χ0n) is 12.3. The van der Waals surface area contributed by atoms with Gasteiger partial charge >= 0.3 is 0 Å². The summed E-state index contributed by atoms with van der Waals surface area (Å²) in [4.78, 5) is 25.3. The van der Waals surface area contributed by atoms with Crippen molar-refractivity contribution in [3.05, 3.63) is 59.7 Å². The summed E-state index contributed by atoms with van der Waals surface area (Å²) in [5.74, 6) is -2.78. The second-order valence-corrected chi connectivity index (χ2v) is 5.43. The van der Waals surface area contributed by atoms with Gasteiger partial charge in [0.1, 0.15) is 17.7 Å². The second-order valence-electron chi connectivity index (χ2n) is 5.43. The third-order valence-electron chi connectivity index (χ3n) is 3.66. The number of anilines is 2. The molecule has 0 radical (unpaired) electrons. The summed E-state index contributed by atoms with van der Waals surface area (Å²) >= 11 is 0. The largest absolute Gasteiger partial charge is 0.373 e. The number of hydrogen-bond donors (Lipinski definition) is 1. The van der Waals surface area contributed by atoms with Crippen LogP contribution in [0.5, 0.6) is 0 Å². The van der Waals surface area contributed by atoms with E-state index in [-0.39, 0.29) is 12.1 Å². The van der Waals surface area contributed by atoms with Gasteiger partial charge < -0.3 is 5.32 Å². The number of aryl methyl sites for hydroxylation is 1. The van der Waals surface area contributed by atoms with Gasteiger partial charge in [-0.3, -0.25) is 9.59 Å². The molecule has 1 heterocycles. The topological polar surface area (TPSA) is 49.4 Å². The molecular weight excluding hydrogens is 302 g/mol. The fraction of sp³-hybridized carbons (Fsp3) is 0.176. The molecule has 1 fully saturated rings. The molecule has 1 saturated heterocycles. The third-order valence-corrected chi connectivity index (χ3v) is 3.66. The molecule has 2 aromatic carbocycles. The van der Waals surface area contributed by atoms with Crippen LogP contribution in [0.2, 0.25) is 0 Å². The molecule has 118 valence electrons. The number of amides is 2. The number of halogens is 2. The number of rotatable bonds is 3. The van der Waals surface area contributed by atoms with Crippen molar-refractivity contribution in [3.8, 4) is 0 Å². The van der Waals surface area contributed by atoms with Crippen LogP contribution in [0.1, 0.15) is 12.0 Å². The minimum atomic E-state index is -0.942. The average molecular weight is 316 g/mol. The predicted octanol–water partition coefficient (Wildman–Crippen LogP) is 3.02. The van der Waals surface area contributed by atoms with E-state index in [0.29, 0.717) is 11.8 Å². The number of benzene rings is 2. The van der Waals surface area contributed by atoms with Crippen LogP contribution in [-0.4, -0.2) is 17.9 Å². The van der Waals surface area contributed by atoms with Crippen LogP contribution in [0.15, 0.2) is 42.5 Å². The number of carbonyl (C=O) groups is 2. The molecule has 4 nitrogen and oxygen atoms in total. The molecule has 2 aromatic rings. The van der Waals surface area contributed by atoms with Gasteiger partial charge in [0.05, 0.1) is 12.1 Å². The van der Waals surface area contributed by atoms with Gasteiger partial charge in [0, 0.05) is 11.8 Å². The molecule has 1 N–H and O–H groups in total. The van der Waals surface area contributed by atoms with Gasteiger partial charge in [-0.25, -0.2) is 13.7 Å². The highest BCUT2D eigenvalue weighted by Crippen LogP contribution is 2.27. The van der Waals surface area contributed by atoms with E-state index >= 15 is 0 Å². The Morgan fingerprint density at radius 1 is 1.13 bits per heavy atom. The Hall–Kier alpha value is -2.76. The molecule has 0 aliphatic carbocycles. The molecule has 0 aromatic heterocycles. The summed E-state index contributed by atoms with van der Waals surface area (Å²) in [5.41, 5.74) is 1.49. The van der Waals surface area contributed by atoms with E-state index in [2.05, 4.69) is 5.32 Å². The van der Waals surface area contributed by atoms with Gasteiger partial charge in [0.2, 0.25) is 5.91 Å². The zero-order chi connectivity index (χ0) is 16.6. The van der Waals surface area contributed by atoms with Crippen LogP contribution < -0.4 is 10.2 Å². The van der Waals surface area contributed by atoms with Crippen molar-refractivity contribution in [2.24, 2.45) is 0 Å². The number of nitrogens with zero attached hydrogens (tertiary/aromatic N) is 1. The van der Waals surface area contributed by atoms with Crippen molar-refractivity contribution in [2.75, 3.05) is 10.2 Å². The Kier molecular flexibility index (Phi) is 3.82. The summed E-state index contributed by atoms with van der Waals surface area (Å²) in [6, 6.07) is 9.36. The Morgan fingerprint density at radius 3 is 2.61 bits per heavy atom. The van der Waals surface area contributed by atoms with Gasteiger partial charge in [-0.05, 0) is 36.8 Å². The number of nitrogens with one attached hydrogen (secondary N) is 1. The molecule has 6 heteroatoms. The Bertz CT molecular complexity index is 792. The first-order valence-electron chi connectivity index (χ1n) is 7.11. The summed E-state index contributed by atoms with van der Waals surface area (Å²) in [7, 11) is 0. The lowest BCUT2D eigenvalue weighted by atomic mass is 10.2. The van der Waals surface area contributed by atoms with Crippen molar-refractivity contribution in [1.29, 1.82) is 0 Å². The maximum Gasteiger partial charge on any atom is 0.256 e. The Morgan fingerprint density at radius 2 is 1.91 bits per heavy atom. The summed E-state index contributed by atoms with van der Waals surface area (Å²) in [6.07, 6.45) is -0.0798. The van der Waals surface area contributed by atoms with E-state index in [1.807, 2.05) is 25.1 Å². The summed E-state index contributed by atoms with van der Waals surface area (Å²) < 4.78 is 26.8. The van der Waals surface area contributed by atoms with Gasteiger partial charge in [-0.1, -0.05) is 12.1 Å². The van der Waals surface area contributed by atoms with Gasteiger partial charge in [-0.15, -0.1) is 0 Å². The van der Waals surface area contributed by atoms with E-state index in [1.54, 1.807) is 6.07 Å². The SMILES string of the molecule is Cc1cccc(N[C@@H]2CC(=O)N(c3ccc(F)cc3F)C2=O)c1. The second kappa shape index (κ2) is 5.79. The van der Waals surface area contributed by atoms with Crippen LogP contribution >= 0.6 is 0 Å². The first-order valence-corrected chi connectivity index (χ1v) is 7.11. The predicted molar refractivity (Wildman–Crippen MR) is 82.1 cm³/mol. The number of carbonyl (C=O) groups excluding carboxylic acids is 2. The molecule has 23 heavy (non-hydrogen) atoms. The standard InChI is InChI=1S/C17H14F2N2O2/c1-10-3-2-4-12(7-10)20-14-9-16(22)21(17(14)23)15-6-5-11(18)8-13(15)19/h2-8,14,20H,9H2,1H3/t14-/m1/s1. The van der Waals surface area contributed by atoms with E-state index in [4.69, 9.17) is 0 Å². The van der Waals surface area contributed by atoms with E-state index < -0.39 is 29.5 Å². The molecule has 1 aliphatic rings. The first kappa shape index (κ1) is 15.1. The minimum absolute atomic E-state index is 0.0798. The van der Waals surface area contributed by atoms with Crippen molar-refractivity contribution in [2.45, 2.75) is 19.4 Å². The van der Waals surface area contributed by atoms with Crippen LogP contribution in [0.4, 0.5) is 20.2 Å². The highest BCUT2D eigenvalue weighted by molar-refractivity contribution is 6.23.